The molecule has 0 spiro atoms. The molecule has 1 aliphatic heterocycles. The molecule has 4 rings (SSSR count). The topological polar surface area (TPSA) is 92.9 Å². The monoisotopic (exact) mass is 404 g/mol. The number of carbonyl (C=O) groups is 2. The minimum Gasteiger partial charge on any atom is -0.507 e. The van der Waals surface area contributed by atoms with Crippen molar-refractivity contribution >= 4 is 17.4 Å². The standard InChI is InChI=1S/C23H20N2O5/c1-14-5-6-18(29-2)17(12-14)21(26)19-20(15-7-9-24-10-8-15)25(23(28)22(19)27)13-16-4-3-11-30-16/h3-12,20,26H,13H2,1-2H3/b21-19+. The summed E-state index contributed by atoms with van der Waals surface area (Å²) in [5.41, 5.74) is 1.89. The second-order valence-electron chi connectivity index (χ2n) is 6.99. The molecule has 0 radical (unpaired) electrons. The highest BCUT2D eigenvalue weighted by Crippen LogP contribution is 2.41. The molecule has 1 fully saturated rings. The van der Waals surface area contributed by atoms with Crippen LogP contribution >= 0.6 is 0 Å². The molecule has 1 unspecified atom stereocenters. The van der Waals surface area contributed by atoms with Crippen LogP contribution in [0.1, 0.15) is 28.5 Å². The van der Waals surface area contributed by atoms with E-state index < -0.39 is 17.7 Å². The minimum atomic E-state index is -0.789. The van der Waals surface area contributed by atoms with Gasteiger partial charge in [0.05, 0.1) is 37.1 Å². The van der Waals surface area contributed by atoms with Crippen molar-refractivity contribution in [2.75, 3.05) is 7.11 Å². The van der Waals surface area contributed by atoms with Crippen LogP contribution in [0.3, 0.4) is 0 Å². The van der Waals surface area contributed by atoms with Crippen LogP contribution in [-0.2, 0) is 16.1 Å². The molecular formula is C23H20N2O5. The number of benzene rings is 1. The summed E-state index contributed by atoms with van der Waals surface area (Å²) < 4.78 is 10.7. The fourth-order valence-corrected chi connectivity index (χ4v) is 3.66. The number of aliphatic hydroxyl groups excluding tert-OH is 1. The number of aryl methyl sites for hydroxylation is 1. The van der Waals surface area contributed by atoms with Gasteiger partial charge in [-0.15, -0.1) is 0 Å². The van der Waals surface area contributed by atoms with Gasteiger partial charge in [-0.2, -0.15) is 0 Å². The summed E-state index contributed by atoms with van der Waals surface area (Å²) in [7, 11) is 1.48. The third-order valence-electron chi connectivity index (χ3n) is 5.08. The summed E-state index contributed by atoms with van der Waals surface area (Å²) in [5, 5.41) is 11.2. The van der Waals surface area contributed by atoms with E-state index in [4.69, 9.17) is 9.15 Å². The van der Waals surface area contributed by atoms with Crippen LogP contribution in [0.25, 0.3) is 5.76 Å². The number of furan rings is 1. The van der Waals surface area contributed by atoms with Gasteiger partial charge in [-0.05, 0) is 48.9 Å². The van der Waals surface area contributed by atoms with Gasteiger partial charge in [-0.1, -0.05) is 11.6 Å². The molecule has 7 heteroatoms. The summed E-state index contributed by atoms with van der Waals surface area (Å²) in [6.07, 6.45) is 4.66. The highest BCUT2D eigenvalue weighted by atomic mass is 16.5. The first kappa shape index (κ1) is 19.4. The first-order valence-corrected chi connectivity index (χ1v) is 9.37. The van der Waals surface area contributed by atoms with Crippen molar-refractivity contribution in [3.63, 3.8) is 0 Å². The second kappa shape index (κ2) is 7.87. The smallest absolute Gasteiger partial charge is 0.296 e. The number of likely N-dealkylation sites (tertiary alicyclic amines) is 1. The Morgan fingerprint density at radius 1 is 1.20 bits per heavy atom. The maximum Gasteiger partial charge on any atom is 0.296 e. The van der Waals surface area contributed by atoms with Gasteiger partial charge in [0.15, 0.2) is 0 Å². The number of hydrogen-bond acceptors (Lipinski definition) is 6. The van der Waals surface area contributed by atoms with Crippen molar-refractivity contribution < 1.29 is 23.8 Å². The van der Waals surface area contributed by atoms with Gasteiger partial charge in [0.1, 0.15) is 17.3 Å². The Kier molecular flexibility index (Phi) is 5.10. The molecule has 30 heavy (non-hydrogen) atoms. The van der Waals surface area contributed by atoms with Crippen molar-refractivity contribution in [2.45, 2.75) is 19.5 Å². The summed E-state index contributed by atoms with van der Waals surface area (Å²) in [6.45, 7) is 1.96. The Labute approximate surface area is 173 Å². The van der Waals surface area contributed by atoms with E-state index in [0.29, 0.717) is 22.6 Å². The van der Waals surface area contributed by atoms with Gasteiger partial charge in [-0.3, -0.25) is 14.6 Å². The predicted molar refractivity (Wildman–Crippen MR) is 109 cm³/mol. The van der Waals surface area contributed by atoms with Crippen LogP contribution in [-0.4, -0.2) is 33.8 Å². The Hall–Kier alpha value is -3.87. The predicted octanol–water partition coefficient (Wildman–Crippen LogP) is 3.61. The van der Waals surface area contributed by atoms with Crippen LogP contribution in [0.4, 0.5) is 0 Å². The van der Waals surface area contributed by atoms with E-state index in [-0.39, 0.29) is 17.9 Å². The molecule has 3 heterocycles. The van der Waals surface area contributed by atoms with Crippen LogP contribution in [0, 0.1) is 6.92 Å². The van der Waals surface area contributed by atoms with E-state index in [2.05, 4.69) is 4.98 Å². The van der Waals surface area contributed by atoms with Crippen molar-refractivity contribution in [3.8, 4) is 5.75 Å². The highest BCUT2D eigenvalue weighted by Gasteiger charge is 2.46. The maximum absolute atomic E-state index is 13.0. The number of aromatic nitrogens is 1. The molecule has 0 saturated carbocycles. The summed E-state index contributed by atoms with van der Waals surface area (Å²) in [6, 6.07) is 11.4. The van der Waals surface area contributed by atoms with E-state index in [1.807, 2.05) is 13.0 Å². The zero-order valence-corrected chi connectivity index (χ0v) is 16.5. The quantitative estimate of drug-likeness (QED) is 0.397. The number of amides is 1. The van der Waals surface area contributed by atoms with Crippen molar-refractivity contribution in [1.29, 1.82) is 0 Å². The number of rotatable bonds is 5. The lowest BCUT2D eigenvalue weighted by Gasteiger charge is -2.24. The third-order valence-corrected chi connectivity index (χ3v) is 5.08. The largest absolute Gasteiger partial charge is 0.507 e. The van der Waals surface area contributed by atoms with Gasteiger partial charge in [0.25, 0.3) is 11.7 Å². The SMILES string of the molecule is COc1ccc(C)cc1/C(O)=C1\C(=O)C(=O)N(Cc2ccco2)C1c1ccncc1. The number of aliphatic hydroxyl groups is 1. The lowest BCUT2D eigenvalue weighted by Crippen LogP contribution is -2.29. The van der Waals surface area contributed by atoms with E-state index >= 15 is 0 Å². The Morgan fingerprint density at radius 2 is 1.97 bits per heavy atom. The molecule has 1 atom stereocenters. The van der Waals surface area contributed by atoms with Crippen molar-refractivity contribution in [3.05, 3.63) is 89.1 Å². The molecule has 1 aliphatic rings. The van der Waals surface area contributed by atoms with Crippen LogP contribution in [0.2, 0.25) is 0 Å². The average Bonchev–Trinajstić information content (AvgIpc) is 3.36. The highest BCUT2D eigenvalue weighted by molar-refractivity contribution is 6.46. The van der Waals surface area contributed by atoms with Gasteiger partial charge in [0, 0.05) is 12.4 Å². The number of ether oxygens (including phenoxy) is 1. The molecular weight excluding hydrogens is 384 g/mol. The molecule has 2 aromatic heterocycles. The van der Waals surface area contributed by atoms with Gasteiger partial charge in [0.2, 0.25) is 0 Å². The fourth-order valence-electron chi connectivity index (χ4n) is 3.66. The maximum atomic E-state index is 13.0. The summed E-state index contributed by atoms with van der Waals surface area (Å²) in [4.78, 5) is 31.4. The van der Waals surface area contributed by atoms with E-state index in [1.54, 1.807) is 48.8 Å². The number of ketones is 1. The molecule has 0 aliphatic carbocycles. The van der Waals surface area contributed by atoms with Crippen molar-refractivity contribution in [1.82, 2.24) is 9.88 Å². The van der Waals surface area contributed by atoms with Crippen molar-refractivity contribution in [2.24, 2.45) is 0 Å². The zero-order chi connectivity index (χ0) is 21.3. The number of methoxy groups -OCH3 is 1. The molecule has 1 aromatic carbocycles. The summed E-state index contributed by atoms with van der Waals surface area (Å²) in [5.74, 6) is -0.809. The second-order valence-corrected chi connectivity index (χ2v) is 6.99. The van der Waals surface area contributed by atoms with E-state index in [0.717, 1.165) is 5.56 Å². The number of pyridine rings is 1. The van der Waals surface area contributed by atoms with Gasteiger partial charge >= 0.3 is 0 Å². The zero-order valence-electron chi connectivity index (χ0n) is 16.5. The first-order chi connectivity index (χ1) is 14.5. The number of nitrogens with zero attached hydrogens (tertiary/aromatic N) is 2. The molecule has 3 aromatic rings. The third kappa shape index (κ3) is 3.34. The lowest BCUT2D eigenvalue weighted by molar-refractivity contribution is -0.140. The van der Waals surface area contributed by atoms with E-state index in [1.165, 1.54) is 18.3 Å². The Bertz CT molecular complexity index is 1120. The van der Waals surface area contributed by atoms with Crippen LogP contribution in [0.5, 0.6) is 5.75 Å². The normalized spacial score (nSPS) is 18.1. The summed E-state index contributed by atoms with van der Waals surface area (Å²) >= 11 is 0. The molecule has 0 bridgehead atoms. The molecule has 7 nitrogen and oxygen atoms in total. The molecule has 1 saturated heterocycles. The minimum absolute atomic E-state index is 0.00153. The number of carbonyl (C=O) groups excluding carboxylic acids is 2. The van der Waals surface area contributed by atoms with Gasteiger partial charge in [-0.25, -0.2) is 0 Å². The average molecular weight is 404 g/mol. The number of Topliss-reactive ketones (excluding diaryl/α,β-unsaturated/α-hetero) is 1. The van der Waals surface area contributed by atoms with Gasteiger partial charge < -0.3 is 19.2 Å². The lowest BCUT2D eigenvalue weighted by atomic mass is 9.95. The fraction of sp³-hybridized carbons (Fsp3) is 0.174. The Balaban J connectivity index is 1.90. The molecule has 152 valence electrons. The molecule has 1 amide bonds. The first-order valence-electron chi connectivity index (χ1n) is 9.37. The molecule has 1 N–H and O–H groups in total. The van der Waals surface area contributed by atoms with E-state index in [9.17, 15) is 14.7 Å². The Morgan fingerprint density at radius 3 is 2.63 bits per heavy atom. The van der Waals surface area contributed by atoms with Crippen LogP contribution in [0.15, 0.2) is 71.1 Å². The number of hydrogen-bond donors (Lipinski definition) is 1. The van der Waals surface area contributed by atoms with Crippen LogP contribution < -0.4 is 4.74 Å².